The van der Waals surface area contributed by atoms with E-state index in [1.54, 1.807) is 7.11 Å². The first-order chi connectivity index (χ1) is 8.26. The van der Waals surface area contributed by atoms with Gasteiger partial charge in [-0.15, -0.1) is 0 Å². The van der Waals surface area contributed by atoms with E-state index < -0.39 is 0 Å². The number of hydrogen-bond donors (Lipinski definition) is 0. The Morgan fingerprint density at radius 3 is 3.12 bits per heavy atom. The number of ketones is 1. The first-order valence-electron chi connectivity index (χ1n) is 5.64. The van der Waals surface area contributed by atoms with E-state index in [0.717, 1.165) is 42.4 Å². The van der Waals surface area contributed by atoms with Crippen molar-refractivity contribution in [2.24, 2.45) is 0 Å². The summed E-state index contributed by atoms with van der Waals surface area (Å²) in [6.45, 7) is 0. The molecular weight excluding hydrogens is 216 g/mol. The third-order valence-corrected chi connectivity index (χ3v) is 3.19. The van der Waals surface area contributed by atoms with Gasteiger partial charge in [0.1, 0.15) is 5.75 Å². The molecule has 1 unspecified atom stereocenters. The van der Waals surface area contributed by atoms with Crippen molar-refractivity contribution in [3.8, 4) is 5.75 Å². The Labute approximate surface area is 99.8 Å². The average Bonchev–Trinajstić information content (AvgIpc) is 2.37. The van der Waals surface area contributed by atoms with Gasteiger partial charge in [-0.2, -0.15) is 4.79 Å². The van der Waals surface area contributed by atoms with E-state index in [9.17, 15) is 4.79 Å². The molecule has 1 aromatic carbocycles. The zero-order valence-electron chi connectivity index (χ0n) is 9.72. The Morgan fingerprint density at radius 2 is 2.41 bits per heavy atom. The molecule has 17 heavy (non-hydrogen) atoms. The van der Waals surface area contributed by atoms with E-state index in [0.29, 0.717) is 0 Å². The third-order valence-electron chi connectivity index (χ3n) is 3.19. The maximum Gasteiger partial charge on any atom is 0.323 e. The normalized spacial score (nSPS) is 17.8. The van der Waals surface area contributed by atoms with Crippen molar-refractivity contribution in [3.05, 3.63) is 34.9 Å². The van der Waals surface area contributed by atoms with Crippen molar-refractivity contribution in [2.75, 3.05) is 7.11 Å². The molecule has 1 atom stereocenters. The first-order valence-corrected chi connectivity index (χ1v) is 5.64. The molecule has 0 saturated carbocycles. The van der Waals surface area contributed by atoms with Crippen LogP contribution in [0.4, 0.5) is 0 Å². The number of hydrogen-bond acceptors (Lipinski definition) is 2. The van der Waals surface area contributed by atoms with Gasteiger partial charge in [0.15, 0.2) is 0 Å². The monoisotopic (exact) mass is 230 g/mol. The van der Waals surface area contributed by atoms with Gasteiger partial charge in [-0.3, -0.25) is 4.79 Å². The van der Waals surface area contributed by atoms with Crippen molar-refractivity contribution < 1.29 is 14.3 Å². The minimum Gasteiger partial charge on any atom is -0.497 e. The van der Waals surface area contributed by atoms with Crippen LogP contribution in [0.1, 0.15) is 29.9 Å². The molecule has 1 aromatic rings. The molecule has 0 radical (unpaired) electrons. The summed E-state index contributed by atoms with van der Waals surface area (Å²) >= 11 is 0. The second-order valence-electron chi connectivity index (χ2n) is 4.16. The fourth-order valence-electron chi connectivity index (χ4n) is 2.36. The summed E-state index contributed by atoms with van der Waals surface area (Å²) in [5.41, 5.74) is 10.6. The van der Waals surface area contributed by atoms with Crippen LogP contribution >= 0.6 is 0 Å². The lowest BCUT2D eigenvalue weighted by molar-refractivity contribution is -0.117. The topological polar surface area (TPSA) is 62.7 Å². The molecule has 0 amide bonds. The molecule has 4 heteroatoms. The summed E-state index contributed by atoms with van der Waals surface area (Å²) in [6, 6.07) is 5.77. The quantitative estimate of drug-likeness (QED) is 0.453. The molecule has 0 spiro atoms. The van der Waals surface area contributed by atoms with Gasteiger partial charge >= 0.3 is 6.21 Å². The molecular formula is C13H14N2O2. The lowest BCUT2D eigenvalue weighted by atomic mass is 9.80. The van der Waals surface area contributed by atoms with E-state index in [1.165, 1.54) is 0 Å². The zero-order valence-corrected chi connectivity index (χ0v) is 9.72. The zero-order chi connectivity index (χ0) is 12.3. The smallest absolute Gasteiger partial charge is 0.323 e. The average molecular weight is 230 g/mol. The molecule has 0 fully saturated rings. The molecule has 0 aromatic heterocycles. The van der Waals surface area contributed by atoms with Crippen molar-refractivity contribution in [2.45, 2.75) is 25.2 Å². The summed E-state index contributed by atoms with van der Waals surface area (Å²) in [4.78, 5) is 14.6. The van der Waals surface area contributed by atoms with Crippen LogP contribution in [0, 0.1) is 0 Å². The van der Waals surface area contributed by atoms with Gasteiger partial charge in [0.05, 0.1) is 13.0 Å². The maximum atomic E-state index is 11.8. The number of aryl methyl sites for hydroxylation is 1. The van der Waals surface area contributed by atoms with Crippen LogP contribution < -0.4 is 4.74 Å². The van der Waals surface area contributed by atoms with E-state index in [4.69, 9.17) is 10.3 Å². The fraction of sp³-hybridized carbons (Fsp3) is 0.385. The van der Waals surface area contributed by atoms with Crippen LogP contribution in [-0.2, 0) is 11.2 Å². The first kappa shape index (κ1) is 11.6. The fourth-order valence-corrected chi connectivity index (χ4v) is 2.36. The predicted molar refractivity (Wildman–Crippen MR) is 63.4 cm³/mol. The third kappa shape index (κ3) is 2.27. The molecule has 2 rings (SSSR count). The summed E-state index contributed by atoms with van der Waals surface area (Å²) in [5, 5.41) is 0. The summed E-state index contributed by atoms with van der Waals surface area (Å²) in [7, 11) is 1.63. The van der Waals surface area contributed by atoms with Gasteiger partial charge in [-0.1, -0.05) is 6.07 Å². The Bertz CT molecular complexity index is 490. The van der Waals surface area contributed by atoms with Crippen LogP contribution in [0.25, 0.3) is 5.53 Å². The highest BCUT2D eigenvalue weighted by molar-refractivity contribution is 6.28. The summed E-state index contributed by atoms with van der Waals surface area (Å²) in [5.74, 6) is 0.492. The number of benzene rings is 1. The SMILES string of the molecule is COc1ccc2c(c1)CCCC2C(=O)C=[N+]=[N-]. The number of rotatable bonds is 3. The van der Waals surface area contributed by atoms with Gasteiger partial charge < -0.3 is 10.3 Å². The van der Waals surface area contributed by atoms with Crippen molar-refractivity contribution in [1.82, 2.24) is 0 Å². The van der Waals surface area contributed by atoms with Crippen molar-refractivity contribution >= 4 is 12.0 Å². The van der Waals surface area contributed by atoms with Crippen LogP contribution in [0.15, 0.2) is 18.2 Å². The lowest BCUT2D eigenvalue weighted by Gasteiger charge is -2.22. The van der Waals surface area contributed by atoms with E-state index in [1.807, 2.05) is 18.2 Å². The van der Waals surface area contributed by atoms with Gasteiger partial charge in [-0.25, -0.2) is 0 Å². The van der Waals surface area contributed by atoms with E-state index in [2.05, 4.69) is 4.79 Å². The van der Waals surface area contributed by atoms with Crippen molar-refractivity contribution in [3.63, 3.8) is 0 Å². The van der Waals surface area contributed by atoms with Crippen LogP contribution in [-0.4, -0.2) is 23.9 Å². The van der Waals surface area contributed by atoms with Crippen LogP contribution in [0.2, 0.25) is 0 Å². The molecule has 0 bridgehead atoms. The predicted octanol–water partition coefficient (Wildman–Crippen LogP) is 1.98. The molecule has 0 N–H and O–H groups in total. The number of fused-ring (bicyclic) bond motifs is 1. The second-order valence-corrected chi connectivity index (χ2v) is 4.16. The largest absolute Gasteiger partial charge is 0.497 e. The maximum absolute atomic E-state index is 11.8. The summed E-state index contributed by atoms with van der Waals surface area (Å²) in [6.07, 6.45) is 3.73. The molecule has 88 valence electrons. The van der Waals surface area contributed by atoms with Gasteiger partial charge in [0.2, 0.25) is 5.78 Å². The number of Topliss-reactive ketones (excluding diaryl/α,β-unsaturated/α-hetero) is 1. The second kappa shape index (κ2) is 4.93. The standard InChI is InChI=1S/C13H14N2O2/c1-17-10-5-6-11-9(7-10)3-2-4-12(11)13(16)8-15-14/h5-8,12H,2-4H2,1H3. The van der Waals surface area contributed by atoms with E-state index in [-0.39, 0.29) is 11.7 Å². The Morgan fingerprint density at radius 1 is 1.59 bits per heavy atom. The number of carbonyl (C=O) groups is 1. The minimum atomic E-state index is -0.180. The Balaban J connectivity index is 2.38. The number of carbonyl (C=O) groups excluding carboxylic acids is 1. The number of methoxy groups -OCH3 is 1. The highest BCUT2D eigenvalue weighted by Crippen LogP contribution is 2.33. The number of ether oxygens (including phenoxy) is 1. The molecule has 1 aliphatic carbocycles. The lowest BCUT2D eigenvalue weighted by Crippen LogP contribution is -2.19. The van der Waals surface area contributed by atoms with Crippen LogP contribution in [0.5, 0.6) is 5.75 Å². The van der Waals surface area contributed by atoms with Gasteiger partial charge in [0.25, 0.3) is 0 Å². The summed E-state index contributed by atoms with van der Waals surface area (Å²) < 4.78 is 5.17. The highest BCUT2D eigenvalue weighted by Gasteiger charge is 2.27. The van der Waals surface area contributed by atoms with Gasteiger partial charge in [-0.05, 0) is 42.5 Å². The molecule has 0 heterocycles. The molecule has 0 aliphatic heterocycles. The molecule has 1 aliphatic rings. The van der Waals surface area contributed by atoms with Crippen LogP contribution in [0.3, 0.4) is 0 Å². The minimum absolute atomic E-state index is 0.140. The highest BCUT2D eigenvalue weighted by atomic mass is 16.5. The van der Waals surface area contributed by atoms with Crippen molar-refractivity contribution in [1.29, 1.82) is 0 Å². The van der Waals surface area contributed by atoms with E-state index >= 15 is 0 Å². The van der Waals surface area contributed by atoms with Gasteiger partial charge in [0, 0.05) is 0 Å². The Hall–Kier alpha value is -1.93. The molecule has 4 nitrogen and oxygen atoms in total. The Kier molecular flexibility index (Phi) is 3.35. The molecule has 0 saturated heterocycles. The number of nitrogens with zero attached hydrogens (tertiary/aromatic N) is 2.